The summed E-state index contributed by atoms with van der Waals surface area (Å²) in [6.07, 6.45) is 0.876. The Labute approximate surface area is 188 Å². The Balaban J connectivity index is 1.96. The second kappa shape index (κ2) is 9.25. The predicted molar refractivity (Wildman–Crippen MR) is 122 cm³/mol. The number of carbonyl (C=O) groups is 2. The van der Waals surface area contributed by atoms with E-state index in [0.29, 0.717) is 21.6 Å². The zero-order chi connectivity index (χ0) is 23.5. The predicted octanol–water partition coefficient (Wildman–Crippen LogP) is 4.99. The van der Waals surface area contributed by atoms with Gasteiger partial charge in [0.1, 0.15) is 5.69 Å². The SMILES string of the molecule is Cc1ccc(S(=O)(=O)Nc2cc(-c3ccc(C=CC(=O)O)cc3)sc2OC(=O)O)c(C)c1. The number of rotatable bonds is 7. The van der Waals surface area contributed by atoms with Gasteiger partial charge in [-0.3, -0.25) is 4.72 Å². The van der Waals surface area contributed by atoms with Gasteiger partial charge in [0, 0.05) is 11.0 Å². The average Bonchev–Trinajstić information content (AvgIpc) is 3.07. The molecule has 0 aliphatic carbocycles. The molecule has 2 aromatic carbocycles. The molecule has 0 saturated heterocycles. The first-order valence-corrected chi connectivity index (χ1v) is 11.5. The Kier molecular flexibility index (Phi) is 6.66. The van der Waals surface area contributed by atoms with Gasteiger partial charge in [-0.2, -0.15) is 0 Å². The zero-order valence-corrected chi connectivity index (χ0v) is 18.7. The second-order valence-corrected chi connectivity index (χ2v) is 9.51. The summed E-state index contributed by atoms with van der Waals surface area (Å²) in [4.78, 5) is 22.4. The monoisotopic (exact) mass is 473 g/mol. The highest BCUT2D eigenvalue weighted by atomic mass is 32.2. The van der Waals surface area contributed by atoms with Crippen LogP contribution in [0.5, 0.6) is 5.06 Å². The van der Waals surface area contributed by atoms with Crippen molar-refractivity contribution < 1.29 is 33.0 Å². The summed E-state index contributed by atoms with van der Waals surface area (Å²) < 4.78 is 33.1. The average molecular weight is 474 g/mol. The normalized spacial score (nSPS) is 11.4. The number of benzene rings is 2. The first kappa shape index (κ1) is 23.0. The minimum absolute atomic E-state index is 0.00206. The molecule has 0 bridgehead atoms. The van der Waals surface area contributed by atoms with Gasteiger partial charge in [-0.1, -0.05) is 53.3 Å². The Bertz CT molecular complexity index is 1310. The van der Waals surface area contributed by atoms with E-state index in [-0.39, 0.29) is 15.6 Å². The minimum Gasteiger partial charge on any atom is -0.478 e. The third-order valence-corrected chi connectivity index (χ3v) is 6.94. The number of aryl methyl sites for hydroxylation is 2. The van der Waals surface area contributed by atoms with E-state index in [1.165, 1.54) is 18.2 Å². The van der Waals surface area contributed by atoms with Crippen molar-refractivity contribution in [1.29, 1.82) is 0 Å². The van der Waals surface area contributed by atoms with Crippen molar-refractivity contribution in [1.82, 2.24) is 0 Å². The van der Waals surface area contributed by atoms with Gasteiger partial charge in [-0.15, -0.1) is 0 Å². The van der Waals surface area contributed by atoms with Crippen LogP contribution in [0.15, 0.2) is 59.5 Å². The summed E-state index contributed by atoms with van der Waals surface area (Å²) in [5.41, 5.74) is 2.80. The summed E-state index contributed by atoms with van der Waals surface area (Å²) >= 11 is 0.965. The fourth-order valence-corrected chi connectivity index (χ4v) is 5.28. The van der Waals surface area contributed by atoms with Crippen LogP contribution < -0.4 is 9.46 Å². The smallest absolute Gasteiger partial charge is 0.478 e. The number of ether oxygens (including phenoxy) is 1. The molecule has 0 amide bonds. The number of sulfonamides is 1. The number of nitrogens with one attached hydrogen (secondary N) is 1. The van der Waals surface area contributed by atoms with Crippen LogP contribution >= 0.6 is 11.3 Å². The molecule has 0 aliphatic heterocycles. The van der Waals surface area contributed by atoms with Crippen molar-refractivity contribution in [2.45, 2.75) is 18.7 Å². The molecule has 32 heavy (non-hydrogen) atoms. The van der Waals surface area contributed by atoms with Gasteiger partial charge in [0.25, 0.3) is 10.0 Å². The first-order valence-electron chi connectivity index (χ1n) is 9.21. The van der Waals surface area contributed by atoms with Crippen LogP contribution in [0.4, 0.5) is 10.5 Å². The molecular weight excluding hydrogens is 454 g/mol. The lowest BCUT2D eigenvalue weighted by molar-refractivity contribution is -0.131. The Morgan fingerprint density at radius 3 is 2.31 bits per heavy atom. The molecule has 0 saturated carbocycles. The first-order chi connectivity index (χ1) is 15.0. The van der Waals surface area contributed by atoms with Crippen molar-refractivity contribution in [3.8, 4) is 15.5 Å². The molecule has 10 heteroatoms. The third-order valence-electron chi connectivity index (χ3n) is 4.36. The molecule has 166 valence electrons. The van der Waals surface area contributed by atoms with E-state index in [9.17, 15) is 18.0 Å². The summed E-state index contributed by atoms with van der Waals surface area (Å²) in [7, 11) is -3.99. The van der Waals surface area contributed by atoms with Crippen molar-refractivity contribution >= 4 is 45.2 Å². The fraction of sp³-hybridized carbons (Fsp3) is 0.0909. The van der Waals surface area contributed by atoms with Gasteiger partial charge in [0.15, 0.2) is 0 Å². The van der Waals surface area contributed by atoms with Crippen LogP contribution in [0.25, 0.3) is 16.5 Å². The van der Waals surface area contributed by atoms with Gasteiger partial charge in [0.2, 0.25) is 5.06 Å². The highest BCUT2D eigenvalue weighted by Crippen LogP contribution is 2.42. The lowest BCUT2D eigenvalue weighted by Crippen LogP contribution is -2.15. The Morgan fingerprint density at radius 2 is 1.72 bits per heavy atom. The molecule has 0 spiro atoms. The lowest BCUT2D eigenvalue weighted by Gasteiger charge is -2.10. The van der Waals surface area contributed by atoms with Crippen molar-refractivity contribution in [3.63, 3.8) is 0 Å². The van der Waals surface area contributed by atoms with Crippen LogP contribution in [0.1, 0.15) is 16.7 Å². The van der Waals surface area contributed by atoms with Crippen LogP contribution in [-0.2, 0) is 14.8 Å². The summed E-state index contributed by atoms with van der Waals surface area (Å²) in [5.74, 6) is -1.07. The summed E-state index contributed by atoms with van der Waals surface area (Å²) in [6.45, 7) is 3.53. The molecule has 0 unspecified atom stereocenters. The van der Waals surface area contributed by atoms with E-state index in [2.05, 4.69) is 4.72 Å². The van der Waals surface area contributed by atoms with E-state index in [1.54, 1.807) is 43.3 Å². The van der Waals surface area contributed by atoms with E-state index in [0.717, 1.165) is 23.0 Å². The quantitative estimate of drug-likeness (QED) is 0.326. The Morgan fingerprint density at radius 1 is 1.03 bits per heavy atom. The lowest BCUT2D eigenvalue weighted by atomic mass is 10.1. The van der Waals surface area contributed by atoms with E-state index in [4.69, 9.17) is 14.9 Å². The molecule has 3 N–H and O–H groups in total. The number of carboxylic acid groups (broad SMARTS) is 2. The number of anilines is 1. The van der Waals surface area contributed by atoms with Crippen LogP contribution in [0.2, 0.25) is 0 Å². The molecule has 3 rings (SSSR count). The molecule has 0 radical (unpaired) electrons. The number of carboxylic acids is 1. The zero-order valence-electron chi connectivity index (χ0n) is 17.0. The van der Waals surface area contributed by atoms with Crippen molar-refractivity contribution in [2.24, 2.45) is 0 Å². The van der Waals surface area contributed by atoms with E-state index < -0.39 is 22.1 Å². The molecule has 0 atom stereocenters. The van der Waals surface area contributed by atoms with Crippen molar-refractivity contribution in [2.75, 3.05) is 4.72 Å². The molecule has 3 aromatic rings. The topological polar surface area (TPSA) is 130 Å². The molecular formula is C22H19NO7S2. The maximum absolute atomic E-state index is 12.9. The molecule has 8 nitrogen and oxygen atoms in total. The minimum atomic E-state index is -3.99. The van der Waals surface area contributed by atoms with Crippen LogP contribution in [0.3, 0.4) is 0 Å². The van der Waals surface area contributed by atoms with Gasteiger partial charge >= 0.3 is 12.1 Å². The van der Waals surface area contributed by atoms with Crippen LogP contribution in [-0.4, -0.2) is 30.8 Å². The standard InChI is InChI=1S/C22H19NO7S2/c1-13-3-9-19(14(2)11-13)32(28,29)23-17-12-18(31-21(17)30-22(26)27)16-7-4-15(5-8-16)6-10-20(24)25/h3-12,23H,1-2H3,(H,24,25)(H,26,27). The largest absolute Gasteiger partial charge is 0.512 e. The highest BCUT2D eigenvalue weighted by molar-refractivity contribution is 7.92. The number of hydrogen-bond acceptors (Lipinski definition) is 6. The van der Waals surface area contributed by atoms with Crippen LogP contribution in [0, 0.1) is 13.8 Å². The maximum atomic E-state index is 12.9. The van der Waals surface area contributed by atoms with Gasteiger partial charge in [-0.05, 0) is 48.7 Å². The highest BCUT2D eigenvalue weighted by Gasteiger charge is 2.22. The maximum Gasteiger partial charge on any atom is 0.512 e. The molecule has 0 fully saturated rings. The van der Waals surface area contributed by atoms with Gasteiger partial charge in [-0.25, -0.2) is 18.0 Å². The summed E-state index contributed by atoms with van der Waals surface area (Å²) in [5, 5.41) is 17.7. The number of hydrogen-bond donors (Lipinski definition) is 3. The van der Waals surface area contributed by atoms with E-state index in [1.807, 2.05) is 6.92 Å². The van der Waals surface area contributed by atoms with E-state index >= 15 is 0 Å². The van der Waals surface area contributed by atoms with Gasteiger partial charge in [0.05, 0.1) is 4.90 Å². The number of aliphatic carboxylic acids is 1. The molecule has 0 aliphatic rings. The number of thiophene rings is 1. The van der Waals surface area contributed by atoms with Gasteiger partial charge < -0.3 is 14.9 Å². The van der Waals surface area contributed by atoms with Crippen molar-refractivity contribution in [3.05, 3.63) is 71.3 Å². The fourth-order valence-electron chi connectivity index (χ4n) is 2.97. The summed E-state index contributed by atoms with van der Waals surface area (Å²) in [6, 6.07) is 13.2. The second-order valence-electron chi connectivity index (χ2n) is 6.85. The molecule has 1 aromatic heterocycles. The Hall–Kier alpha value is -3.63. The third kappa shape index (κ3) is 5.54. The molecule has 1 heterocycles.